The first-order valence-corrected chi connectivity index (χ1v) is 4.49. The highest BCUT2D eigenvalue weighted by molar-refractivity contribution is 5.83. The zero-order valence-electron chi connectivity index (χ0n) is 9.03. The maximum atomic E-state index is 10.7. The lowest BCUT2D eigenvalue weighted by atomic mass is 10.2. The molecule has 17 heavy (non-hydrogen) atoms. The molecular formula is C9H11N5O3. The first-order valence-electron chi connectivity index (χ1n) is 4.49. The van der Waals surface area contributed by atoms with E-state index in [4.69, 9.17) is 16.2 Å². The fourth-order valence-electron chi connectivity index (χ4n) is 1.09. The van der Waals surface area contributed by atoms with Crippen LogP contribution in [0.5, 0.6) is 5.75 Å². The molecule has 0 saturated carbocycles. The minimum absolute atomic E-state index is 0.152. The van der Waals surface area contributed by atoms with E-state index in [1.807, 2.05) is 0 Å². The van der Waals surface area contributed by atoms with Crippen LogP contribution in [0.25, 0.3) is 0 Å². The molecule has 0 aromatic heterocycles. The molecule has 0 amide bonds. The van der Waals surface area contributed by atoms with E-state index in [0.29, 0.717) is 5.56 Å². The Kier molecular flexibility index (Phi) is 3.98. The number of nitrogens with two attached hydrogens (primary N) is 2. The van der Waals surface area contributed by atoms with Crippen molar-refractivity contribution in [3.8, 4) is 5.75 Å². The molecule has 90 valence electrons. The number of hydrogen-bond acceptors (Lipinski definition) is 5. The molecule has 0 saturated heterocycles. The maximum absolute atomic E-state index is 10.7. The second-order valence-corrected chi connectivity index (χ2v) is 2.96. The van der Waals surface area contributed by atoms with E-state index in [2.05, 4.69) is 10.2 Å². The molecule has 0 radical (unpaired) electrons. The number of nitrogens with zero attached hydrogens (tertiary/aromatic N) is 3. The Morgan fingerprint density at radius 3 is 2.76 bits per heavy atom. The molecule has 0 aliphatic rings. The van der Waals surface area contributed by atoms with Gasteiger partial charge in [0.15, 0.2) is 5.75 Å². The molecule has 4 N–H and O–H groups in total. The number of methoxy groups -OCH3 is 1. The minimum Gasteiger partial charge on any atom is -0.490 e. The van der Waals surface area contributed by atoms with Crippen LogP contribution < -0.4 is 16.2 Å². The Hall–Kier alpha value is -2.64. The topological polar surface area (TPSA) is 129 Å². The van der Waals surface area contributed by atoms with Crippen LogP contribution in [0.1, 0.15) is 5.56 Å². The van der Waals surface area contributed by atoms with Crippen LogP contribution >= 0.6 is 0 Å². The number of rotatable bonds is 4. The van der Waals surface area contributed by atoms with Crippen LogP contribution in [-0.4, -0.2) is 24.2 Å². The van der Waals surface area contributed by atoms with Crippen LogP contribution in [0, 0.1) is 10.1 Å². The van der Waals surface area contributed by atoms with Crippen LogP contribution in [-0.2, 0) is 0 Å². The fourth-order valence-corrected chi connectivity index (χ4v) is 1.09. The molecule has 0 fully saturated rings. The first-order chi connectivity index (χ1) is 8.04. The van der Waals surface area contributed by atoms with Gasteiger partial charge >= 0.3 is 5.69 Å². The van der Waals surface area contributed by atoms with E-state index >= 15 is 0 Å². The summed E-state index contributed by atoms with van der Waals surface area (Å²) in [6, 6.07) is 4.37. The lowest BCUT2D eigenvalue weighted by molar-refractivity contribution is -0.385. The molecule has 8 nitrogen and oxygen atoms in total. The van der Waals surface area contributed by atoms with Gasteiger partial charge < -0.3 is 16.2 Å². The Bertz CT molecular complexity index is 480. The monoisotopic (exact) mass is 237 g/mol. The Labute approximate surface area is 96.7 Å². The highest BCUT2D eigenvalue weighted by Gasteiger charge is 2.14. The van der Waals surface area contributed by atoms with E-state index in [0.717, 1.165) is 0 Å². The third kappa shape index (κ3) is 3.45. The largest absolute Gasteiger partial charge is 0.490 e. The Balaban J connectivity index is 3.04. The predicted molar refractivity (Wildman–Crippen MR) is 63.1 cm³/mol. The lowest BCUT2D eigenvalue weighted by Crippen LogP contribution is -2.21. The SMILES string of the molecule is COc1ccc(/C=N/N=C(N)N)cc1[N+](=O)[O-]. The highest BCUT2D eigenvalue weighted by atomic mass is 16.6. The molecular weight excluding hydrogens is 226 g/mol. The molecule has 0 aliphatic heterocycles. The summed E-state index contributed by atoms with van der Waals surface area (Å²) >= 11 is 0. The number of ether oxygens (including phenoxy) is 1. The molecule has 0 bridgehead atoms. The van der Waals surface area contributed by atoms with Crippen molar-refractivity contribution in [1.82, 2.24) is 0 Å². The first kappa shape index (κ1) is 12.4. The zero-order chi connectivity index (χ0) is 12.8. The second-order valence-electron chi connectivity index (χ2n) is 2.96. The van der Waals surface area contributed by atoms with Gasteiger partial charge in [0, 0.05) is 11.6 Å². The van der Waals surface area contributed by atoms with Crippen molar-refractivity contribution in [2.75, 3.05) is 7.11 Å². The van der Waals surface area contributed by atoms with Crippen molar-refractivity contribution in [2.45, 2.75) is 0 Å². The van der Waals surface area contributed by atoms with Gasteiger partial charge in [-0.3, -0.25) is 10.1 Å². The van der Waals surface area contributed by atoms with Crippen LogP contribution in [0.2, 0.25) is 0 Å². The second kappa shape index (κ2) is 5.45. The van der Waals surface area contributed by atoms with E-state index < -0.39 is 4.92 Å². The lowest BCUT2D eigenvalue weighted by Gasteiger charge is -2.01. The van der Waals surface area contributed by atoms with Crippen molar-refractivity contribution in [3.63, 3.8) is 0 Å². The molecule has 0 unspecified atom stereocenters. The number of guanidine groups is 1. The highest BCUT2D eigenvalue weighted by Crippen LogP contribution is 2.26. The average molecular weight is 237 g/mol. The summed E-state index contributed by atoms with van der Waals surface area (Å²) in [6.07, 6.45) is 1.30. The Morgan fingerprint density at radius 2 is 2.24 bits per heavy atom. The van der Waals surface area contributed by atoms with E-state index in [9.17, 15) is 10.1 Å². The maximum Gasteiger partial charge on any atom is 0.311 e. The van der Waals surface area contributed by atoms with Crippen LogP contribution in [0.4, 0.5) is 5.69 Å². The van der Waals surface area contributed by atoms with Gasteiger partial charge in [-0.05, 0) is 12.1 Å². The van der Waals surface area contributed by atoms with Crippen LogP contribution in [0.15, 0.2) is 28.4 Å². The summed E-state index contributed by atoms with van der Waals surface area (Å²) in [5.41, 5.74) is 10.5. The molecule has 1 rings (SSSR count). The molecule has 0 atom stereocenters. The van der Waals surface area contributed by atoms with Crippen LogP contribution in [0.3, 0.4) is 0 Å². The summed E-state index contributed by atoms with van der Waals surface area (Å²) in [6.45, 7) is 0. The number of nitro benzene ring substituents is 1. The summed E-state index contributed by atoms with van der Waals surface area (Å²) in [5.74, 6) is -0.0155. The third-order valence-corrected chi connectivity index (χ3v) is 1.78. The van der Waals surface area contributed by atoms with Crippen molar-refractivity contribution in [1.29, 1.82) is 0 Å². The van der Waals surface area contributed by atoms with Gasteiger partial charge in [-0.25, -0.2) is 0 Å². The number of nitro groups is 1. The average Bonchev–Trinajstić information content (AvgIpc) is 2.28. The minimum atomic E-state index is -0.545. The summed E-state index contributed by atoms with van der Waals surface area (Å²) < 4.78 is 4.85. The van der Waals surface area contributed by atoms with E-state index in [1.165, 1.54) is 25.5 Å². The summed E-state index contributed by atoms with van der Waals surface area (Å²) in [4.78, 5) is 10.2. The molecule has 0 spiro atoms. The smallest absolute Gasteiger partial charge is 0.311 e. The van der Waals surface area contributed by atoms with Crippen molar-refractivity contribution < 1.29 is 9.66 Å². The van der Waals surface area contributed by atoms with E-state index in [1.54, 1.807) is 6.07 Å². The van der Waals surface area contributed by atoms with Gasteiger partial charge in [0.1, 0.15) is 0 Å². The summed E-state index contributed by atoms with van der Waals surface area (Å²) in [7, 11) is 1.36. The fraction of sp³-hybridized carbons (Fsp3) is 0.111. The standard InChI is InChI=1S/C9H11N5O3/c1-17-8-3-2-6(4-7(8)14(15)16)5-12-13-9(10)11/h2-5H,1H3,(H4,10,11,13)/b12-5+. The van der Waals surface area contributed by atoms with Gasteiger partial charge in [-0.15, -0.1) is 5.10 Å². The third-order valence-electron chi connectivity index (χ3n) is 1.78. The predicted octanol–water partition coefficient (Wildman–Crippen LogP) is 0.211. The van der Waals surface area contributed by atoms with Crippen molar-refractivity contribution >= 4 is 17.9 Å². The van der Waals surface area contributed by atoms with Gasteiger partial charge in [0.25, 0.3) is 0 Å². The van der Waals surface area contributed by atoms with Gasteiger partial charge in [0.2, 0.25) is 5.96 Å². The molecule has 0 heterocycles. The van der Waals surface area contributed by atoms with Crippen molar-refractivity contribution in [3.05, 3.63) is 33.9 Å². The van der Waals surface area contributed by atoms with Gasteiger partial charge in [0.05, 0.1) is 18.2 Å². The molecule has 8 heteroatoms. The molecule has 1 aromatic carbocycles. The molecule has 0 aliphatic carbocycles. The normalized spacial score (nSPS) is 10.2. The van der Waals surface area contributed by atoms with E-state index in [-0.39, 0.29) is 17.4 Å². The Morgan fingerprint density at radius 1 is 1.53 bits per heavy atom. The van der Waals surface area contributed by atoms with Crippen molar-refractivity contribution in [2.24, 2.45) is 21.7 Å². The number of hydrogen-bond donors (Lipinski definition) is 2. The summed E-state index contributed by atoms with van der Waals surface area (Å²) in [5, 5.41) is 17.7. The van der Waals surface area contributed by atoms with Gasteiger partial charge in [-0.2, -0.15) is 5.10 Å². The quantitative estimate of drug-likeness (QED) is 0.334. The number of benzene rings is 1. The molecule has 1 aromatic rings. The zero-order valence-corrected chi connectivity index (χ0v) is 9.03. The van der Waals surface area contributed by atoms with Gasteiger partial charge in [-0.1, -0.05) is 0 Å².